The van der Waals surface area contributed by atoms with E-state index < -0.39 is 5.63 Å². The van der Waals surface area contributed by atoms with Gasteiger partial charge in [-0.1, -0.05) is 0 Å². The van der Waals surface area contributed by atoms with Gasteiger partial charge in [-0.15, -0.1) is 11.3 Å². The molecule has 4 nitrogen and oxygen atoms in total. The largest absolute Gasteiger partial charge is 0.485 e. The number of ketones is 1. The SMILES string of the molecule is Cc1ccc(C(=O)COc2ccc3ccc(=O)oc3c2)s1. The first kappa shape index (κ1) is 13.6. The molecule has 0 bridgehead atoms. The maximum absolute atomic E-state index is 12.0. The minimum atomic E-state index is -0.412. The third-order valence-corrected chi connectivity index (χ3v) is 4.02. The summed E-state index contributed by atoms with van der Waals surface area (Å²) in [5.74, 6) is 0.432. The summed E-state index contributed by atoms with van der Waals surface area (Å²) >= 11 is 1.45. The van der Waals surface area contributed by atoms with Crippen LogP contribution >= 0.6 is 11.3 Å². The summed E-state index contributed by atoms with van der Waals surface area (Å²) in [6, 6.07) is 11.9. The highest BCUT2D eigenvalue weighted by Gasteiger charge is 2.09. The number of carbonyl (C=O) groups is 1. The molecule has 0 spiro atoms. The lowest BCUT2D eigenvalue weighted by Gasteiger charge is -2.05. The minimum absolute atomic E-state index is 0.0392. The number of hydrogen-bond acceptors (Lipinski definition) is 5. The van der Waals surface area contributed by atoms with Gasteiger partial charge in [0, 0.05) is 22.4 Å². The molecule has 0 aliphatic rings. The number of carbonyl (C=O) groups excluding carboxylic acids is 1. The highest BCUT2D eigenvalue weighted by molar-refractivity contribution is 7.14. The molecule has 0 fully saturated rings. The fourth-order valence-corrected chi connectivity index (χ4v) is 2.73. The summed E-state index contributed by atoms with van der Waals surface area (Å²) in [5.41, 5.74) is 0.0317. The van der Waals surface area contributed by atoms with Crippen molar-refractivity contribution in [2.75, 3.05) is 6.61 Å². The zero-order valence-corrected chi connectivity index (χ0v) is 12.1. The van der Waals surface area contributed by atoms with Gasteiger partial charge in [-0.25, -0.2) is 4.79 Å². The van der Waals surface area contributed by atoms with Crippen molar-refractivity contribution in [3.8, 4) is 5.75 Å². The molecule has 0 atom stereocenters. The molecule has 0 aliphatic carbocycles. The molecular weight excluding hydrogens is 288 g/mol. The Morgan fingerprint density at radius 2 is 2.00 bits per heavy atom. The molecule has 2 aromatic heterocycles. The molecular formula is C16H12O4S. The molecule has 0 amide bonds. The first-order valence-corrected chi connectivity index (χ1v) is 7.20. The predicted molar refractivity (Wildman–Crippen MR) is 81.4 cm³/mol. The van der Waals surface area contributed by atoms with E-state index in [0.717, 1.165) is 10.3 Å². The summed E-state index contributed by atoms with van der Waals surface area (Å²) in [6.07, 6.45) is 0. The van der Waals surface area contributed by atoms with Crippen LogP contribution in [0.3, 0.4) is 0 Å². The number of rotatable bonds is 4. The van der Waals surface area contributed by atoms with Crippen LogP contribution in [0.2, 0.25) is 0 Å². The van der Waals surface area contributed by atoms with Gasteiger partial charge in [0.25, 0.3) is 0 Å². The van der Waals surface area contributed by atoms with Crippen LogP contribution in [0.15, 0.2) is 51.7 Å². The second-order valence-electron chi connectivity index (χ2n) is 4.58. The minimum Gasteiger partial charge on any atom is -0.485 e. The Bertz CT molecular complexity index is 860. The van der Waals surface area contributed by atoms with Gasteiger partial charge < -0.3 is 9.15 Å². The zero-order valence-electron chi connectivity index (χ0n) is 11.3. The highest BCUT2D eigenvalue weighted by Crippen LogP contribution is 2.20. The third kappa shape index (κ3) is 3.03. The number of hydrogen-bond donors (Lipinski definition) is 0. The lowest BCUT2D eigenvalue weighted by molar-refractivity contribution is 0.0925. The van der Waals surface area contributed by atoms with E-state index in [0.29, 0.717) is 16.2 Å². The van der Waals surface area contributed by atoms with Gasteiger partial charge >= 0.3 is 5.63 Å². The Morgan fingerprint density at radius 1 is 1.19 bits per heavy atom. The Labute approximate surface area is 124 Å². The van der Waals surface area contributed by atoms with E-state index in [1.807, 2.05) is 13.0 Å². The second kappa shape index (κ2) is 5.54. The number of thiophene rings is 1. The third-order valence-electron chi connectivity index (χ3n) is 2.98. The van der Waals surface area contributed by atoms with Crippen molar-refractivity contribution in [2.24, 2.45) is 0 Å². The van der Waals surface area contributed by atoms with Gasteiger partial charge in [0.05, 0.1) is 4.88 Å². The molecule has 2 heterocycles. The van der Waals surface area contributed by atoms with Crippen molar-refractivity contribution in [1.82, 2.24) is 0 Å². The molecule has 106 valence electrons. The van der Waals surface area contributed by atoms with E-state index in [9.17, 15) is 9.59 Å². The van der Waals surface area contributed by atoms with Crippen molar-refractivity contribution in [3.63, 3.8) is 0 Å². The Balaban J connectivity index is 1.76. The van der Waals surface area contributed by atoms with Crippen LogP contribution < -0.4 is 10.4 Å². The molecule has 0 N–H and O–H groups in total. The molecule has 21 heavy (non-hydrogen) atoms. The van der Waals surface area contributed by atoms with Gasteiger partial charge in [0.2, 0.25) is 5.78 Å². The van der Waals surface area contributed by atoms with Crippen molar-refractivity contribution in [1.29, 1.82) is 0 Å². The lowest BCUT2D eigenvalue weighted by Crippen LogP contribution is -2.10. The lowest BCUT2D eigenvalue weighted by atomic mass is 10.2. The van der Waals surface area contributed by atoms with Crippen LogP contribution in [-0.2, 0) is 0 Å². The van der Waals surface area contributed by atoms with Gasteiger partial charge in [-0.05, 0) is 37.3 Å². The van der Waals surface area contributed by atoms with Crippen LogP contribution in [0.1, 0.15) is 14.5 Å². The second-order valence-corrected chi connectivity index (χ2v) is 5.86. The molecule has 1 aromatic carbocycles. The van der Waals surface area contributed by atoms with Crippen LogP contribution in [0.5, 0.6) is 5.75 Å². The molecule has 0 saturated carbocycles. The highest BCUT2D eigenvalue weighted by atomic mass is 32.1. The van der Waals surface area contributed by atoms with E-state index in [-0.39, 0.29) is 12.4 Å². The monoisotopic (exact) mass is 300 g/mol. The Hall–Kier alpha value is -2.40. The zero-order chi connectivity index (χ0) is 14.8. The molecule has 0 radical (unpaired) electrons. The number of ether oxygens (including phenoxy) is 1. The average Bonchev–Trinajstić information content (AvgIpc) is 2.91. The average molecular weight is 300 g/mol. The number of aryl methyl sites for hydroxylation is 1. The van der Waals surface area contributed by atoms with Crippen LogP contribution in [0, 0.1) is 6.92 Å². The van der Waals surface area contributed by atoms with Crippen molar-refractivity contribution in [2.45, 2.75) is 6.92 Å². The van der Waals surface area contributed by atoms with Gasteiger partial charge in [0.1, 0.15) is 11.3 Å². The topological polar surface area (TPSA) is 56.5 Å². The maximum atomic E-state index is 12.0. The van der Waals surface area contributed by atoms with Crippen LogP contribution in [0.25, 0.3) is 11.0 Å². The fraction of sp³-hybridized carbons (Fsp3) is 0.125. The maximum Gasteiger partial charge on any atom is 0.336 e. The van der Waals surface area contributed by atoms with Crippen LogP contribution in [-0.4, -0.2) is 12.4 Å². The quantitative estimate of drug-likeness (QED) is 0.547. The summed E-state index contributed by atoms with van der Waals surface area (Å²) in [6.45, 7) is 1.91. The van der Waals surface area contributed by atoms with Crippen molar-refractivity contribution in [3.05, 3.63) is 62.6 Å². The summed E-state index contributed by atoms with van der Waals surface area (Å²) in [4.78, 5) is 24.9. The molecule has 3 rings (SSSR count). The number of Topliss-reactive ketones (excluding diaryl/α,β-unsaturated/α-hetero) is 1. The molecule has 0 unspecified atom stereocenters. The number of benzene rings is 1. The molecule has 0 aliphatic heterocycles. The van der Waals surface area contributed by atoms with Crippen LogP contribution in [0.4, 0.5) is 0 Å². The Kier molecular flexibility index (Phi) is 3.58. The van der Waals surface area contributed by atoms with Gasteiger partial charge in [0.15, 0.2) is 6.61 Å². The first-order chi connectivity index (χ1) is 10.1. The van der Waals surface area contributed by atoms with E-state index in [2.05, 4.69) is 0 Å². The standard InChI is InChI=1S/C16H12O4S/c1-10-2-6-15(21-10)13(17)9-19-12-5-3-11-4-7-16(18)20-14(11)8-12/h2-8H,9H2,1H3. The first-order valence-electron chi connectivity index (χ1n) is 6.38. The smallest absolute Gasteiger partial charge is 0.336 e. The molecule has 5 heteroatoms. The normalized spacial score (nSPS) is 10.7. The van der Waals surface area contributed by atoms with Crippen molar-refractivity contribution < 1.29 is 13.9 Å². The molecule has 3 aromatic rings. The summed E-state index contributed by atoms with van der Waals surface area (Å²) in [7, 11) is 0. The summed E-state index contributed by atoms with van der Waals surface area (Å²) < 4.78 is 10.6. The van der Waals surface area contributed by atoms with Gasteiger partial charge in [-0.3, -0.25) is 4.79 Å². The van der Waals surface area contributed by atoms with Gasteiger partial charge in [-0.2, -0.15) is 0 Å². The van der Waals surface area contributed by atoms with Crippen molar-refractivity contribution >= 4 is 28.1 Å². The summed E-state index contributed by atoms with van der Waals surface area (Å²) in [5, 5.41) is 0.808. The number of fused-ring (bicyclic) bond motifs is 1. The Morgan fingerprint density at radius 3 is 2.76 bits per heavy atom. The van der Waals surface area contributed by atoms with E-state index in [4.69, 9.17) is 9.15 Å². The fourth-order valence-electron chi connectivity index (χ4n) is 1.94. The molecule has 0 saturated heterocycles. The predicted octanol–water partition coefficient (Wildman–Crippen LogP) is 3.42. The van der Waals surface area contributed by atoms with E-state index in [1.165, 1.54) is 17.4 Å². The van der Waals surface area contributed by atoms with E-state index in [1.54, 1.807) is 30.3 Å². The van der Waals surface area contributed by atoms with E-state index >= 15 is 0 Å².